The number of nitrogens with zero attached hydrogens (tertiary/aromatic N) is 3. The average molecular weight is 336 g/mol. The molecule has 2 aromatic rings. The SMILES string of the molecule is CCN(CCCNCc1cnn(-c2ccccc2)c1)S(C)(=O)=O. The van der Waals surface area contributed by atoms with Gasteiger partial charge in [-0.05, 0) is 25.1 Å². The van der Waals surface area contributed by atoms with E-state index in [2.05, 4.69) is 10.4 Å². The van der Waals surface area contributed by atoms with E-state index >= 15 is 0 Å². The van der Waals surface area contributed by atoms with Gasteiger partial charge in [0, 0.05) is 31.4 Å². The smallest absolute Gasteiger partial charge is 0.211 e. The molecule has 23 heavy (non-hydrogen) atoms. The number of hydrogen-bond acceptors (Lipinski definition) is 4. The molecular formula is C16H24N4O2S. The van der Waals surface area contributed by atoms with Crippen LogP contribution in [0.5, 0.6) is 0 Å². The Kier molecular flexibility index (Phi) is 6.32. The molecule has 0 saturated heterocycles. The van der Waals surface area contributed by atoms with E-state index in [9.17, 15) is 8.42 Å². The van der Waals surface area contributed by atoms with E-state index in [4.69, 9.17) is 0 Å². The monoisotopic (exact) mass is 336 g/mol. The van der Waals surface area contributed by atoms with E-state index < -0.39 is 10.0 Å². The van der Waals surface area contributed by atoms with Gasteiger partial charge >= 0.3 is 0 Å². The van der Waals surface area contributed by atoms with Crippen molar-refractivity contribution in [3.05, 3.63) is 48.3 Å². The van der Waals surface area contributed by atoms with Gasteiger partial charge < -0.3 is 5.32 Å². The summed E-state index contributed by atoms with van der Waals surface area (Å²) in [5, 5.41) is 7.67. The van der Waals surface area contributed by atoms with Crippen molar-refractivity contribution in [3.8, 4) is 5.69 Å². The lowest BCUT2D eigenvalue weighted by molar-refractivity contribution is 0.419. The zero-order valence-corrected chi connectivity index (χ0v) is 14.5. The standard InChI is InChI=1S/C16H24N4O2S/c1-3-19(23(2,21)22)11-7-10-17-12-15-13-18-20(14-15)16-8-5-4-6-9-16/h4-6,8-9,13-14,17H,3,7,10-12H2,1-2H3. The topological polar surface area (TPSA) is 67.2 Å². The first-order chi connectivity index (χ1) is 11.0. The van der Waals surface area contributed by atoms with Crippen molar-refractivity contribution < 1.29 is 8.42 Å². The van der Waals surface area contributed by atoms with Crippen molar-refractivity contribution in [2.75, 3.05) is 25.9 Å². The second-order valence-electron chi connectivity index (χ2n) is 5.41. The summed E-state index contributed by atoms with van der Waals surface area (Å²) in [6.07, 6.45) is 5.88. The largest absolute Gasteiger partial charge is 0.313 e. The van der Waals surface area contributed by atoms with Crippen LogP contribution in [-0.4, -0.2) is 48.4 Å². The molecule has 0 aliphatic rings. The molecule has 0 bridgehead atoms. The summed E-state index contributed by atoms with van der Waals surface area (Å²) in [4.78, 5) is 0. The minimum atomic E-state index is -3.09. The number of nitrogens with one attached hydrogen (secondary N) is 1. The lowest BCUT2D eigenvalue weighted by Crippen LogP contribution is -2.32. The van der Waals surface area contributed by atoms with Gasteiger partial charge in [0.25, 0.3) is 0 Å². The number of benzene rings is 1. The lowest BCUT2D eigenvalue weighted by atomic mass is 10.3. The van der Waals surface area contributed by atoms with Crippen LogP contribution in [0.25, 0.3) is 5.69 Å². The Hall–Kier alpha value is -1.70. The Balaban J connectivity index is 1.74. The van der Waals surface area contributed by atoms with Crippen molar-refractivity contribution in [2.45, 2.75) is 19.9 Å². The highest BCUT2D eigenvalue weighted by atomic mass is 32.2. The maximum atomic E-state index is 11.5. The van der Waals surface area contributed by atoms with E-state index in [1.807, 2.05) is 54.3 Å². The van der Waals surface area contributed by atoms with Gasteiger partial charge in [-0.25, -0.2) is 17.4 Å². The summed E-state index contributed by atoms with van der Waals surface area (Å²) in [6.45, 7) is 4.40. The summed E-state index contributed by atoms with van der Waals surface area (Å²) >= 11 is 0. The first-order valence-electron chi connectivity index (χ1n) is 7.75. The van der Waals surface area contributed by atoms with Crippen molar-refractivity contribution in [1.29, 1.82) is 0 Å². The molecule has 0 aliphatic carbocycles. The average Bonchev–Trinajstić information content (AvgIpc) is 2.99. The maximum Gasteiger partial charge on any atom is 0.211 e. The first-order valence-corrected chi connectivity index (χ1v) is 9.60. The molecule has 0 spiro atoms. The maximum absolute atomic E-state index is 11.5. The van der Waals surface area contributed by atoms with Gasteiger partial charge in [-0.1, -0.05) is 25.1 Å². The summed E-state index contributed by atoms with van der Waals surface area (Å²) in [5.41, 5.74) is 2.13. The van der Waals surface area contributed by atoms with Crippen molar-refractivity contribution in [1.82, 2.24) is 19.4 Å². The predicted octanol–water partition coefficient (Wildman–Crippen LogP) is 1.63. The van der Waals surface area contributed by atoms with Gasteiger partial charge in [-0.15, -0.1) is 0 Å². The molecule has 1 N–H and O–H groups in total. The molecule has 0 amide bonds. The second kappa shape index (κ2) is 8.24. The third kappa shape index (κ3) is 5.46. The highest BCUT2D eigenvalue weighted by Crippen LogP contribution is 2.07. The van der Waals surface area contributed by atoms with Crippen LogP contribution in [0.3, 0.4) is 0 Å². The molecule has 126 valence electrons. The number of hydrogen-bond donors (Lipinski definition) is 1. The van der Waals surface area contributed by atoms with Crippen molar-refractivity contribution in [2.24, 2.45) is 0 Å². The number of sulfonamides is 1. The van der Waals surface area contributed by atoms with E-state index in [1.54, 1.807) is 0 Å². The second-order valence-corrected chi connectivity index (χ2v) is 7.40. The van der Waals surface area contributed by atoms with Gasteiger partial charge in [0.05, 0.1) is 18.1 Å². The molecule has 7 heteroatoms. The zero-order chi connectivity index (χ0) is 16.7. The van der Waals surface area contributed by atoms with Gasteiger partial charge in [-0.2, -0.15) is 5.10 Å². The van der Waals surface area contributed by atoms with Crippen LogP contribution in [0.15, 0.2) is 42.7 Å². The third-order valence-corrected chi connectivity index (χ3v) is 4.95. The summed E-state index contributed by atoms with van der Waals surface area (Å²) < 4.78 is 26.3. The molecule has 1 heterocycles. The van der Waals surface area contributed by atoms with Crippen LogP contribution in [-0.2, 0) is 16.6 Å². The normalized spacial score (nSPS) is 12.0. The number of rotatable bonds is 9. The van der Waals surface area contributed by atoms with Crippen LogP contribution in [0.4, 0.5) is 0 Å². The van der Waals surface area contributed by atoms with Crippen molar-refractivity contribution in [3.63, 3.8) is 0 Å². The Morgan fingerprint density at radius 3 is 2.65 bits per heavy atom. The molecule has 0 saturated carbocycles. The fourth-order valence-corrected chi connectivity index (χ4v) is 3.27. The molecule has 0 unspecified atom stereocenters. The third-order valence-electron chi connectivity index (χ3n) is 3.57. The molecule has 1 aromatic heterocycles. The highest BCUT2D eigenvalue weighted by molar-refractivity contribution is 7.88. The number of para-hydroxylation sites is 1. The fourth-order valence-electron chi connectivity index (χ4n) is 2.34. The summed E-state index contributed by atoms with van der Waals surface area (Å²) in [7, 11) is -3.09. The van der Waals surface area contributed by atoms with E-state index in [1.165, 1.54) is 10.6 Å². The Morgan fingerprint density at radius 2 is 2.00 bits per heavy atom. The van der Waals surface area contributed by atoms with Crippen LogP contribution in [0.2, 0.25) is 0 Å². The fraction of sp³-hybridized carbons (Fsp3) is 0.438. The van der Waals surface area contributed by atoms with E-state index in [0.717, 1.165) is 30.8 Å². The minimum absolute atomic E-state index is 0.517. The molecule has 0 radical (unpaired) electrons. The molecule has 0 fully saturated rings. The summed E-state index contributed by atoms with van der Waals surface area (Å²) in [6, 6.07) is 9.96. The zero-order valence-electron chi connectivity index (χ0n) is 13.6. The Bertz CT molecular complexity index is 698. The molecule has 0 aliphatic heterocycles. The van der Waals surface area contributed by atoms with Crippen LogP contribution >= 0.6 is 0 Å². The first kappa shape index (κ1) is 17.7. The van der Waals surface area contributed by atoms with Gasteiger partial charge in [0.2, 0.25) is 10.0 Å². The van der Waals surface area contributed by atoms with Crippen LogP contribution < -0.4 is 5.32 Å². The highest BCUT2D eigenvalue weighted by Gasteiger charge is 2.12. The molecule has 0 atom stereocenters. The molecule has 2 rings (SSSR count). The Morgan fingerprint density at radius 1 is 1.26 bits per heavy atom. The Labute approximate surface area is 138 Å². The molecular weight excluding hydrogens is 312 g/mol. The minimum Gasteiger partial charge on any atom is -0.313 e. The van der Waals surface area contributed by atoms with Gasteiger partial charge in [0.15, 0.2) is 0 Å². The van der Waals surface area contributed by atoms with Gasteiger partial charge in [0.1, 0.15) is 0 Å². The lowest BCUT2D eigenvalue weighted by Gasteiger charge is -2.17. The van der Waals surface area contributed by atoms with Crippen LogP contribution in [0, 0.1) is 0 Å². The molecule has 6 nitrogen and oxygen atoms in total. The molecule has 1 aromatic carbocycles. The van der Waals surface area contributed by atoms with Gasteiger partial charge in [-0.3, -0.25) is 0 Å². The van der Waals surface area contributed by atoms with E-state index in [0.29, 0.717) is 13.1 Å². The predicted molar refractivity (Wildman–Crippen MR) is 92.0 cm³/mol. The number of aromatic nitrogens is 2. The van der Waals surface area contributed by atoms with Crippen molar-refractivity contribution >= 4 is 10.0 Å². The van der Waals surface area contributed by atoms with Crippen LogP contribution in [0.1, 0.15) is 18.9 Å². The summed E-state index contributed by atoms with van der Waals surface area (Å²) in [5.74, 6) is 0. The quantitative estimate of drug-likeness (QED) is 0.707. The van der Waals surface area contributed by atoms with E-state index in [-0.39, 0.29) is 0 Å².